The van der Waals surface area contributed by atoms with E-state index in [4.69, 9.17) is 21.1 Å². The maximum atomic E-state index is 13.0. The molecule has 1 aromatic rings. The number of imide groups is 1. The van der Waals surface area contributed by atoms with Crippen LogP contribution in [0.25, 0.3) is 0 Å². The van der Waals surface area contributed by atoms with E-state index in [1.54, 1.807) is 30.4 Å². The van der Waals surface area contributed by atoms with E-state index in [0.717, 1.165) is 4.90 Å². The van der Waals surface area contributed by atoms with Crippen LogP contribution in [-0.4, -0.2) is 36.1 Å². The average molecular weight is 427 g/mol. The van der Waals surface area contributed by atoms with Crippen LogP contribution in [0.2, 0.25) is 5.02 Å². The molecule has 4 atom stereocenters. The summed E-state index contributed by atoms with van der Waals surface area (Å²) < 4.78 is 11.6. The molecular formula is C17H13BrClNO5. The van der Waals surface area contributed by atoms with Crippen LogP contribution in [0.15, 0.2) is 34.8 Å². The molecule has 2 bridgehead atoms. The Kier molecular flexibility index (Phi) is 3.79. The molecule has 0 N–H and O–H groups in total. The van der Waals surface area contributed by atoms with Crippen molar-refractivity contribution in [3.63, 3.8) is 0 Å². The lowest BCUT2D eigenvalue weighted by atomic mass is 9.77. The summed E-state index contributed by atoms with van der Waals surface area (Å²) in [6, 6.07) is 4.91. The first-order valence-corrected chi connectivity index (χ1v) is 8.84. The van der Waals surface area contributed by atoms with Gasteiger partial charge >= 0.3 is 5.97 Å². The van der Waals surface area contributed by atoms with Crippen LogP contribution in [0.3, 0.4) is 0 Å². The monoisotopic (exact) mass is 425 g/mol. The molecule has 0 unspecified atom stereocenters. The highest BCUT2D eigenvalue weighted by molar-refractivity contribution is 9.10. The van der Waals surface area contributed by atoms with Crippen LogP contribution in [0.4, 0.5) is 5.69 Å². The number of benzene rings is 1. The minimum atomic E-state index is -1.08. The number of amides is 2. The molecule has 4 rings (SSSR count). The van der Waals surface area contributed by atoms with Crippen molar-refractivity contribution in [2.45, 2.75) is 18.6 Å². The first kappa shape index (κ1) is 16.8. The van der Waals surface area contributed by atoms with Gasteiger partial charge < -0.3 is 9.47 Å². The molecule has 8 heteroatoms. The van der Waals surface area contributed by atoms with Crippen LogP contribution >= 0.6 is 27.5 Å². The Hall–Kier alpha value is -1.70. The molecule has 2 saturated heterocycles. The first-order chi connectivity index (χ1) is 11.8. The predicted octanol–water partition coefficient (Wildman–Crippen LogP) is 2.48. The number of hydrogen-bond donors (Lipinski definition) is 0. The lowest BCUT2D eigenvalue weighted by Gasteiger charge is -2.28. The summed E-state index contributed by atoms with van der Waals surface area (Å²) >= 11 is 9.39. The van der Waals surface area contributed by atoms with E-state index in [1.807, 2.05) is 0 Å². The van der Waals surface area contributed by atoms with E-state index in [1.165, 1.54) is 6.92 Å². The van der Waals surface area contributed by atoms with Gasteiger partial charge in [0.2, 0.25) is 11.8 Å². The van der Waals surface area contributed by atoms with Crippen molar-refractivity contribution < 1.29 is 23.9 Å². The molecule has 2 fully saturated rings. The maximum Gasteiger partial charge on any atom is 0.302 e. The molecule has 6 nitrogen and oxygen atoms in total. The SMILES string of the molecule is CC(=O)OC[C@@]12C=C[C@@H](O1)[C@H]1C(=O)N(c3ccc(Br)c(Cl)c3)C(=O)[C@@H]12. The molecule has 0 saturated carbocycles. The second-order valence-electron chi connectivity index (χ2n) is 6.29. The molecule has 0 radical (unpaired) electrons. The van der Waals surface area contributed by atoms with Gasteiger partial charge in [-0.25, -0.2) is 4.90 Å². The fraction of sp³-hybridized carbons (Fsp3) is 0.353. The van der Waals surface area contributed by atoms with Gasteiger partial charge in [-0.3, -0.25) is 14.4 Å². The number of halogens is 2. The summed E-state index contributed by atoms with van der Waals surface area (Å²) in [7, 11) is 0. The Morgan fingerprint density at radius 2 is 2.16 bits per heavy atom. The number of carbonyl (C=O) groups excluding carboxylic acids is 3. The van der Waals surface area contributed by atoms with E-state index in [0.29, 0.717) is 15.2 Å². The predicted molar refractivity (Wildman–Crippen MR) is 92.0 cm³/mol. The Morgan fingerprint density at radius 1 is 1.40 bits per heavy atom. The third-order valence-corrected chi connectivity index (χ3v) is 6.05. The molecule has 1 aromatic carbocycles. The standard InChI is InChI=1S/C17H13BrClNO5/c1-8(21)24-7-17-5-4-12(25-17)13-14(17)16(23)20(15(13)22)9-2-3-10(18)11(19)6-9/h2-6,12-14H,7H2,1H3/t12-,13-,14-,17-/m1/s1. The molecule has 25 heavy (non-hydrogen) atoms. The molecule has 0 aromatic heterocycles. The third kappa shape index (κ3) is 2.37. The molecule has 3 heterocycles. The summed E-state index contributed by atoms with van der Waals surface area (Å²) in [6.07, 6.45) is 2.99. The van der Waals surface area contributed by atoms with Crippen molar-refractivity contribution in [2.75, 3.05) is 11.5 Å². The van der Waals surface area contributed by atoms with Crippen molar-refractivity contribution in [3.05, 3.63) is 39.8 Å². The van der Waals surface area contributed by atoms with E-state index < -0.39 is 29.5 Å². The topological polar surface area (TPSA) is 72.9 Å². The number of nitrogens with zero attached hydrogens (tertiary/aromatic N) is 1. The average Bonchev–Trinajstić information content (AvgIpc) is 3.20. The van der Waals surface area contributed by atoms with Gasteiger partial charge in [-0.2, -0.15) is 0 Å². The quantitative estimate of drug-likeness (QED) is 0.422. The number of anilines is 1. The van der Waals surface area contributed by atoms with Crippen LogP contribution in [0, 0.1) is 11.8 Å². The van der Waals surface area contributed by atoms with Gasteiger partial charge in [-0.15, -0.1) is 0 Å². The van der Waals surface area contributed by atoms with Crippen LogP contribution in [0.5, 0.6) is 0 Å². The zero-order valence-electron chi connectivity index (χ0n) is 13.1. The number of carbonyl (C=O) groups is 3. The van der Waals surface area contributed by atoms with E-state index in [9.17, 15) is 14.4 Å². The van der Waals surface area contributed by atoms with Gasteiger partial charge in [0.1, 0.15) is 12.2 Å². The number of hydrogen-bond acceptors (Lipinski definition) is 5. The molecule has 0 spiro atoms. The van der Waals surface area contributed by atoms with Crippen LogP contribution < -0.4 is 4.90 Å². The molecule has 3 aliphatic rings. The first-order valence-electron chi connectivity index (χ1n) is 7.67. The van der Waals surface area contributed by atoms with Crippen LogP contribution in [0.1, 0.15) is 6.92 Å². The Balaban J connectivity index is 1.70. The van der Waals surface area contributed by atoms with Gasteiger partial charge in [0.05, 0.1) is 28.6 Å². The maximum absolute atomic E-state index is 13.0. The number of ether oxygens (including phenoxy) is 2. The second-order valence-corrected chi connectivity index (χ2v) is 7.55. The number of rotatable bonds is 3. The zero-order chi connectivity index (χ0) is 17.9. The highest BCUT2D eigenvalue weighted by Crippen LogP contribution is 2.52. The molecule has 2 amide bonds. The molecule has 3 aliphatic heterocycles. The van der Waals surface area contributed by atoms with E-state index >= 15 is 0 Å². The lowest BCUT2D eigenvalue weighted by Crippen LogP contribution is -2.44. The second kappa shape index (κ2) is 5.65. The van der Waals surface area contributed by atoms with E-state index in [-0.39, 0.29) is 18.4 Å². The largest absolute Gasteiger partial charge is 0.462 e. The van der Waals surface area contributed by atoms with Gasteiger partial charge in [-0.05, 0) is 40.2 Å². The number of fused-ring (bicyclic) bond motifs is 5. The van der Waals surface area contributed by atoms with Gasteiger partial charge in [0.25, 0.3) is 0 Å². The Bertz CT molecular complexity index is 840. The normalized spacial score (nSPS) is 32.4. The minimum Gasteiger partial charge on any atom is -0.462 e. The Morgan fingerprint density at radius 3 is 2.84 bits per heavy atom. The summed E-state index contributed by atoms with van der Waals surface area (Å²) in [5.74, 6) is -2.49. The highest BCUT2D eigenvalue weighted by Gasteiger charge is 2.68. The summed E-state index contributed by atoms with van der Waals surface area (Å²) in [6.45, 7) is 1.20. The van der Waals surface area contributed by atoms with Gasteiger partial charge in [0, 0.05) is 11.4 Å². The molecule has 0 aliphatic carbocycles. The Labute approximate surface area is 156 Å². The lowest BCUT2D eigenvalue weighted by molar-refractivity contribution is -0.150. The minimum absolute atomic E-state index is 0.0928. The van der Waals surface area contributed by atoms with Crippen molar-refractivity contribution in [2.24, 2.45) is 11.8 Å². The summed E-state index contributed by atoms with van der Waals surface area (Å²) in [5.41, 5.74) is -0.665. The molecule has 130 valence electrons. The zero-order valence-corrected chi connectivity index (χ0v) is 15.4. The fourth-order valence-electron chi connectivity index (χ4n) is 3.76. The van der Waals surface area contributed by atoms with Crippen molar-refractivity contribution in [3.8, 4) is 0 Å². The van der Waals surface area contributed by atoms with Crippen LogP contribution in [-0.2, 0) is 23.9 Å². The third-order valence-electron chi connectivity index (χ3n) is 4.82. The summed E-state index contributed by atoms with van der Waals surface area (Å²) in [4.78, 5) is 38.3. The number of esters is 1. The fourth-order valence-corrected chi connectivity index (χ4v) is 4.18. The van der Waals surface area contributed by atoms with Crippen molar-refractivity contribution in [1.82, 2.24) is 0 Å². The molecular weight excluding hydrogens is 414 g/mol. The highest BCUT2D eigenvalue weighted by atomic mass is 79.9. The smallest absolute Gasteiger partial charge is 0.302 e. The van der Waals surface area contributed by atoms with Crippen molar-refractivity contribution >= 4 is 51.0 Å². The van der Waals surface area contributed by atoms with Gasteiger partial charge in [-0.1, -0.05) is 17.7 Å². The summed E-state index contributed by atoms with van der Waals surface area (Å²) in [5, 5.41) is 0.405. The van der Waals surface area contributed by atoms with Gasteiger partial charge in [0.15, 0.2) is 0 Å². The van der Waals surface area contributed by atoms with E-state index in [2.05, 4.69) is 15.9 Å². The van der Waals surface area contributed by atoms with Crippen molar-refractivity contribution in [1.29, 1.82) is 0 Å².